The van der Waals surface area contributed by atoms with Crippen molar-refractivity contribution in [2.75, 3.05) is 17.3 Å². The summed E-state index contributed by atoms with van der Waals surface area (Å²) in [5, 5.41) is 4.01. The van der Waals surface area contributed by atoms with Crippen molar-refractivity contribution in [3.63, 3.8) is 0 Å². The van der Waals surface area contributed by atoms with Gasteiger partial charge in [-0.2, -0.15) is 0 Å². The van der Waals surface area contributed by atoms with Gasteiger partial charge in [0.2, 0.25) is 0 Å². The molecule has 0 bridgehead atoms. The predicted molar refractivity (Wildman–Crippen MR) is 87.6 cm³/mol. The summed E-state index contributed by atoms with van der Waals surface area (Å²) in [5.41, 5.74) is 4.52. The molecule has 0 aliphatic carbocycles. The van der Waals surface area contributed by atoms with Crippen molar-refractivity contribution in [3.8, 4) is 0 Å². The number of halogens is 1. The number of fused-ring (bicyclic) bond motifs is 2. The second kappa shape index (κ2) is 5.53. The zero-order valence-corrected chi connectivity index (χ0v) is 13.3. The van der Waals surface area contributed by atoms with Crippen LogP contribution >= 0.6 is 11.6 Å². The fourth-order valence-electron chi connectivity index (χ4n) is 2.87. The first-order valence-electron chi connectivity index (χ1n) is 7.23. The minimum absolute atomic E-state index is 0.220. The Balaban J connectivity index is 2.21. The van der Waals surface area contributed by atoms with Crippen LogP contribution in [0.2, 0.25) is 5.15 Å². The molecule has 0 saturated carbocycles. The zero-order valence-electron chi connectivity index (χ0n) is 12.5. The summed E-state index contributed by atoms with van der Waals surface area (Å²) in [6.45, 7) is 4.31. The molecule has 3 rings (SSSR count). The molecule has 5 heteroatoms. The van der Waals surface area contributed by atoms with E-state index in [0.29, 0.717) is 5.15 Å². The van der Waals surface area contributed by atoms with Gasteiger partial charge < -0.3 is 10.2 Å². The van der Waals surface area contributed by atoms with Gasteiger partial charge in [-0.3, -0.25) is 0 Å². The molecule has 1 unspecified atom stereocenters. The van der Waals surface area contributed by atoms with E-state index in [1.807, 2.05) is 7.05 Å². The standard InChI is InChI=1S/C16H19ClN4/c1-4-5-12-11-8-10(2)6-7-13(11)21(3)16-14(20-12)15(17)18-9-19-16/h6-9,12,20H,4-5H2,1-3H3. The number of nitrogens with one attached hydrogen (secondary N) is 1. The third-order valence-corrected chi connectivity index (χ3v) is 4.20. The molecule has 0 fully saturated rings. The topological polar surface area (TPSA) is 41.1 Å². The van der Waals surface area contributed by atoms with Crippen LogP contribution in [0.3, 0.4) is 0 Å². The van der Waals surface area contributed by atoms with Gasteiger partial charge in [0, 0.05) is 12.7 Å². The van der Waals surface area contributed by atoms with Gasteiger partial charge in [-0.15, -0.1) is 0 Å². The summed E-state index contributed by atoms with van der Waals surface area (Å²) >= 11 is 6.28. The second-order valence-electron chi connectivity index (χ2n) is 5.47. The highest BCUT2D eigenvalue weighted by atomic mass is 35.5. The molecular formula is C16H19ClN4. The lowest BCUT2D eigenvalue weighted by atomic mass is 9.98. The quantitative estimate of drug-likeness (QED) is 0.831. The lowest BCUT2D eigenvalue weighted by molar-refractivity contribution is 0.680. The fraction of sp³-hybridized carbons (Fsp3) is 0.375. The summed E-state index contributed by atoms with van der Waals surface area (Å²) in [7, 11) is 2.02. The van der Waals surface area contributed by atoms with Crippen LogP contribution in [0.5, 0.6) is 0 Å². The molecule has 2 heterocycles. The Morgan fingerprint density at radius 3 is 2.90 bits per heavy atom. The molecule has 110 valence electrons. The summed E-state index contributed by atoms with van der Waals surface area (Å²) in [6.07, 6.45) is 3.64. The maximum atomic E-state index is 6.28. The Bertz CT molecular complexity index is 671. The van der Waals surface area contributed by atoms with E-state index in [1.54, 1.807) is 0 Å². The molecule has 1 N–H and O–H groups in total. The van der Waals surface area contributed by atoms with Crippen LogP contribution in [0.15, 0.2) is 24.5 Å². The van der Waals surface area contributed by atoms with E-state index in [0.717, 1.165) is 24.3 Å². The fourth-order valence-corrected chi connectivity index (χ4v) is 3.06. The molecule has 0 saturated heterocycles. The SMILES string of the molecule is CCCC1Nc2c(Cl)ncnc2N(C)c2ccc(C)cc21. The van der Waals surface area contributed by atoms with E-state index >= 15 is 0 Å². The van der Waals surface area contributed by atoms with Gasteiger partial charge >= 0.3 is 0 Å². The molecule has 0 spiro atoms. The molecule has 1 atom stereocenters. The van der Waals surface area contributed by atoms with Gasteiger partial charge in [0.25, 0.3) is 0 Å². The van der Waals surface area contributed by atoms with Crippen LogP contribution < -0.4 is 10.2 Å². The van der Waals surface area contributed by atoms with Crippen molar-refractivity contribution >= 4 is 28.8 Å². The number of aryl methyl sites for hydroxylation is 1. The summed E-state index contributed by atoms with van der Waals surface area (Å²) < 4.78 is 0. The number of nitrogens with zero attached hydrogens (tertiary/aromatic N) is 3. The molecule has 0 amide bonds. The minimum atomic E-state index is 0.220. The van der Waals surface area contributed by atoms with Gasteiger partial charge in [-0.05, 0) is 25.0 Å². The van der Waals surface area contributed by atoms with Crippen molar-refractivity contribution in [1.82, 2.24) is 9.97 Å². The van der Waals surface area contributed by atoms with E-state index in [9.17, 15) is 0 Å². The van der Waals surface area contributed by atoms with Gasteiger partial charge in [-0.25, -0.2) is 9.97 Å². The molecule has 1 aliphatic rings. The lowest BCUT2D eigenvalue weighted by Gasteiger charge is -2.21. The zero-order chi connectivity index (χ0) is 15.0. The molecule has 2 aromatic rings. The molecule has 0 radical (unpaired) electrons. The largest absolute Gasteiger partial charge is 0.373 e. The van der Waals surface area contributed by atoms with E-state index in [-0.39, 0.29) is 6.04 Å². The lowest BCUT2D eigenvalue weighted by Crippen LogP contribution is -2.12. The van der Waals surface area contributed by atoms with Crippen molar-refractivity contribution in [2.45, 2.75) is 32.7 Å². The summed E-state index contributed by atoms with van der Waals surface area (Å²) in [6, 6.07) is 6.75. The van der Waals surface area contributed by atoms with Crippen LogP contribution in [0.1, 0.15) is 36.9 Å². The van der Waals surface area contributed by atoms with Crippen LogP contribution in [0.25, 0.3) is 0 Å². The average molecular weight is 303 g/mol. The maximum absolute atomic E-state index is 6.28. The Hall–Kier alpha value is -1.81. The first-order valence-corrected chi connectivity index (χ1v) is 7.61. The molecule has 1 aromatic heterocycles. The number of rotatable bonds is 2. The molecular weight excluding hydrogens is 284 g/mol. The number of aromatic nitrogens is 2. The summed E-state index contributed by atoms with van der Waals surface area (Å²) in [4.78, 5) is 10.6. The Morgan fingerprint density at radius 2 is 2.14 bits per heavy atom. The van der Waals surface area contributed by atoms with Crippen molar-refractivity contribution in [2.24, 2.45) is 0 Å². The predicted octanol–water partition coefficient (Wildman–Crippen LogP) is 4.47. The Labute approximate surface area is 130 Å². The smallest absolute Gasteiger partial charge is 0.161 e. The van der Waals surface area contributed by atoms with Crippen LogP contribution in [-0.2, 0) is 0 Å². The average Bonchev–Trinajstić information content (AvgIpc) is 2.58. The molecule has 1 aromatic carbocycles. The number of benzene rings is 1. The van der Waals surface area contributed by atoms with Gasteiger partial charge in [0.1, 0.15) is 12.0 Å². The summed E-state index contributed by atoms with van der Waals surface area (Å²) in [5.74, 6) is 0.818. The van der Waals surface area contributed by atoms with E-state index in [4.69, 9.17) is 11.6 Å². The van der Waals surface area contributed by atoms with Crippen LogP contribution in [0.4, 0.5) is 17.2 Å². The highest BCUT2D eigenvalue weighted by Gasteiger charge is 2.26. The van der Waals surface area contributed by atoms with Crippen LogP contribution in [0, 0.1) is 6.92 Å². The van der Waals surface area contributed by atoms with Crippen molar-refractivity contribution in [3.05, 3.63) is 40.8 Å². The highest BCUT2D eigenvalue weighted by molar-refractivity contribution is 6.32. The van der Waals surface area contributed by atoms with Gasteiger partial charge in [0.05, 0.1) is 6.04 Å². The minimum Gasteiger partial charge on any atom is -0.373 e. The first kappa shape index (κ1) is 14.1. The van der Waals surface area contributed by atoms with E-state index in [1.165, 1.54) is 23.1 Å². The van der Waals surface area contributed by atoms with Crippen molar-refractivity contribution < 1.29 is 0 Å². The van der Waals surface area contributed by atoms with Crippen molar-refractivity contribution in [1.29, 1.82) is 0 Å². The monoisotopic (exact) mass is 302 g/mol. The number of anilines is 3. The highest BCUT2D eigenvalue weighted by Crippen LogP contribution is 2.43. The van der Waals surface area contributed by atoms with Gasteiger partial charge in [-0.1, -0.05) is 42.6 Å². The van der Waals surface area contributed by atoms with E-state index < -0.39 is 0 Å². The van der Waals surface area contributed by atoms with Gasteiger partial charge in [0.15, 0.2) is 11.0 Å². The normalized spacial score (nSPS) is 16.8. The van der Waals surface area contributed by atoms with E-state index in [2.05, 4.69) is 52.2 Å². The van der Waals surface area contributed by atoms with Crippen LogP contribution in [-0.4, -0.2) is 17.0 Å². The molecule has 1 aliphatic heterocycles. The first-order chi connectivity index (χ1) is 10.1. The third-order valence-electron chi connectivity index (χ3n) is 3.91. The second-order valence-corrected chi connectivity index (χ2v) is 5.83. The number of hydrogen-bond acceptors (Lipinski definition) is 4. The Morgan fingerprint density at radius 1 is 1.33 bits per heavy atom. The number of hydrogen-bond donors (Lipinski definition) is 1. The molecule has 21 heavy (non-hydrogen) atoms. The molecule has 4 nitrogen and oxygen atoms in total. The third kappa shape index (κ3) is 2.44. The Kier molecular flexibility index (Phi) is 3.72. The maximum Gasteiger partial charge on any atom is 0.161 e.